The van der Waals surface area contributed by atoms with E-state index < -0.39 is 46.3 Å². The molecule has 9 nitrogen and oxygen atoms in total. The van der Waals surface area contributed by atoms with E-state index in [4.69, 9.17) is 39.5 Å². The van der Waals surface area contributed by atoms with Crippen LogP contribution in [0.15, 0.2) is 12.7 Å². The van der Waals surface area contributed by atoms with E-state index in [0.717, 1.165) is 0 Å². The SMILES string of the molecule is C=CCCCC(=O)N[C@H](C(=O)N[C@@H](C)C(=O)N1CCC[C@@H](C(=O)OCC(Cl)(Cl)Cl)N1)C(C)C. The second-order valence-corrected chi connectivity index (χ2v) is 10.8. The van der Waals surface area contributed by atoms with E-state index >= 15 is 0 Å². The van der Waals surface area contributed by atoms with Gasteiger partial charge in [-0.05, 0) is 38.5 Å². The van der Waals surface area contributed by atoms with E-state index in [1.807, 2.05) is 0 Å². The van der Waals surface area contributed by atoms with Gasteiger partial charge in [0, 0.05) is 13.0 Å². The predicted molar refractivity (Wildman–Crippen MR) is 128 cm³/mol. The van der Waals surface area contributed by atoms with Crippen molar-refractivity contribution in [2.24, 2.45) is 5.92 Å². The molecule has 12 heteroatoms. The van der Waals surface area contributed by atoms with Gasteiger partial charge in [-0.1, -0.05) is 54.7 Å². The Balaban J connectivity index is 2.65. The molecule has 33 heavy (non-hydrogen) atoms. The number of alkyl halides is 3. The minimum atomic E-state index is -1.73. The standard InChI is InChI=1S/C21H33Cl3N4O5/c1-5-6-7-10-16(29)26-17(13(2)3)18(30)25-14(4)19(31)28-11-8-9-15(27-28)20(32)33-12-21(22,23)24/h5,13-15,17,27H,1,6-12H2,2-4H3,(H,25,30)(H,26,29)/t14-,15-,17-/m0/s1. The summed E-state index contributed by atoms with van der Waals surface area (Å²) in [7, 11) is 0. The fraction of sp³-hybridized carbons (Fsp3) is 0.714. The molecule has 1 saturated heterocycles. The molecule has 1 aliphatic rings. The first kappa shape index (κ1) is 29.5. The molecule has 0 saturated carbocycles. The summed E-state index contributed by atoms with van der Waals surface area (Å²) in [5.41, 5.74) is 2.81. The number of nitrogens with one attached hydrogen (secondary N) is 3. The van der Waals surface area contributed by atoms with E-state index in [2.05, 4.69) is 22.6 Å². The van der Waals surface area contributed by atoms with Crippen molar-refractivity contribution in [2.45, 2.75) is 74.8 Å². The summed E-state index contributed by atoms with van der Waals surface area (Å²) in [6.07, 6.45) is 4.35. The number of hydrogen-bond donors (Lipinski definition) is 3. The molecular formula is C21H33Cl3N4O5. The molecule has 3 amide bonds. The highest BCUT2D eigenvalue weighted by atomic mass is 35.6. The molecule has 1 heterocycles. The predicted octanol–water partition coefficient (Wildman–Crippen LogP) is 2.40. The zero-order valence-electron chi connectivity index (χ0n) is 19.2. The Kier molecular flexibility index (Phi) is 12.5. The Labute approximate surface area is 209 Å². The van der Waals surface area contributed by atoms with E-state index in [-0.39, 0.29) is 18.2 Å². The van der Waals surface area contributed by atoms with E-state index in [0.29, 0.717) is 32.2 Å². The Morgan fingerprint density at radius 3 is 2.45 bits per heavy atom. The van der Waals surface area contributed by atoms with E-state index in [1.54, 1.807) is 19.9 Å². The van der Waals surface area contributed by atoms with Crippen molar-refractivity contribution in [3.63, 3.8) is 0 Å². The minimum absolute atomic E-state index is 0.180. The van der Waals surface area contributed by atoms with Gasteiger partial charge in [-0.25, -0.2) is 5.43 Å². The van der Waals surface area contributed by atoms with Crippen molar-refractivity contribution in [1.82, 2.24) is 21.1 Å². The highest BCUT2D eigenvalue weighted by Crippen LogP contribution is 2.26. The molecule has 188 valence electrons. The molecule has 1 aliphatic heterocycles. The number of carbonyl (C=O) groups excluding carboxylic acids is 4. The largest absolute Gasteiger partial charge is 0.460 e. The van der Waals surface area contributed by atoms with Crippen LogP contribution in [0.4, 0.5) is 0 Å². The summed E-state index contributed by atoms with van der Waals surface area (Å²) in [5.74, 6) is -1.95. The van der Waals surface area contributed by atoms with Crippen LogP contribution < -0.4 is 16.1 Å². The van der Waals surface area contributed by atoms with Crippen molar-refractivity contribution < 1.29 is 23.9 Å². The number of amides is 3. The van der Waals surface area contributed by atoms with Crippen molar-refractivity contribution in [3.05, 3.63) is 12.7 Å². The molecule has 1 fully saturated rings. The maximum atomic E-state index is 12.8. The first-order chi connectivity index (χ1) is 15.4. The summed E-state index contributed by atoms with van der Waals surface area (Å²) in [6.45, 7) is 8.70. The maximum Gasteiger partial charge on any atom is 0.325 e. The number of allylic oxidation sites excluding steroid dienone is 1. The Hall–Kier alpha value is -1.55. The van der Waals surface area contributed by atoms with Crippen LogP contribution in [0, 0.1) is 5.92 Å². The molecule has 3 atom stereocenters. The van der Waals surface area contributed by atoms with E-state index in [1.165, 1.54) is 11.9 Å². The first-order valence-corrected chi connectivity index (χ1v) is 12.0. The molecular weight excluding hydrogens is 495 g/mol. The number of hydrogen-bond acceptors (Lipinski definition) is 6. The number of halogens is 3. The minimum Gasteiger partial charge on any atom is -0.460 e. The number of esters is 1. The van der Waals surface area contributed by atoms with Gasteiger partial charge in [0.05, 0.1) is 0 Å². The van der Waals surface area contributed by atoms with Crippen LogP contribution in [0.1, 0.15) is 52.9 Å². The molecule has 0 aliphatic carbocycles. The smallest absolute Gasteiger partial charge is 0.325 e. The lowest BCUT2D eigenvalue weighted by molar-refractivity contribution is -0.152. The Morgan fingerprint density at radius 1 is 1.21 bits per heavy atom. The number of rotatable bonds is 11. The van der Waals surface area contributed by atoms with Gasteiger partial charge in [0.25, 0.3) is 5.91 Å². The highest BCUT2D eigenvalue weighted by Gasteiger charge is 2.34. The molecule has 0 bridgehead atoms. The molecule has 3 N–H and O–H groups in total. The number of carbonyl (C=O) groups is 4. The highest BCUT2D eigenvalue weighted by molar-refractivity contribution is 6.67. The van der Waals surface area contributed by atoms with Crippen LogP contribution >= 0.6 is 34.8 Å². The first-order valence-electron chi connectivity index (χ1n) is 10.9. The molecule has 0 aromatic heterocycles. The van der Waals surface area contributed by atoms with Crippen molar-refractivity contribution in [1.29, 1.82) is 0 Å². The van der Waals surface area contributed by atoms with Gasteiger partial charge in [0.1, 0.15) is 24.7 Å². The van der Waals surface area contributed by atoms with Crippen LogP contribution in [0.3, 0.4) is 0 Å². The molecule has 0 spiro atoms. The fourth-order valence-electron chi connectivity index (χ4n) is 3.15. The van der Waals surface area contributed by atoms with Gasteiger partial charge >= 0.3 is 5.97 Å². The number of hydrazine groups is 1. The van der Waals surface area contributed by atoms with Crippen LogP contribution in [-0.2, 0) is 23.9 Å². The Morgan fingerprint density at radius 2 is 1.88 bits per heavy atom. The average molecular weight is 528 g/mol. The van der Waals surface area contributed by atoms with Gasteiger partial charge < -0.3 is 15.4 Å². The Bertz CT molecular complexity index is 715. The van der Waals surface area contributed by atoms with Crippen molar-refractivity contribution >= 4 is 58.5 Å². The summed E-state index contributed by atoms with van der Waals surface area (Å²) in [5, 5.41) is 6.65. The average Bonchev–Trinajstić information content (AvgIpc) is 2.74. The lowest BCUT2D eigenvalue weighted by atomic mass is 10.0. The van der Waals surface area contributed by atoms with E-state index in [9.17, 15) is 19.2 Å². The van der Waals surface area contributed by atoms with Crippen molar-refractivity contribution in [2.75, 3.05) is 13.2 Å². The number of unbranched alkanes of at least 4 members (excludes halogenated alkanes) is 1. The zero-order valence-corrected chi connectivity index (χ0v) is 21.4. The van der Waals surface area contributed by atoms with Crippen molar-refractivity contribution in [3.8, 4) is 0 Å². The molecule has 0 aromatic carbocycles. The summed E-state index contributed by atoms with van der Waals surface area (Å²) in [4.78, 5) is 49.9. The lowest BCUT2D eigenvalue weighted by Crippen LogP contribution is -2.61. The third kappa shape index (κ3) is 10.9. The fourth-order valence-corrected chi connectivity index (χ4v) is 3.32. The third-order valence-corrected chi connectivity index (χ3v) is 5.25. The monoisotopic (exact) mass is 526 g/mol. The topological polar surface area (TPSA) is 117 Å². The van der Waals surface area contributed by atoms with Crippen LogP contribution in [0.25, 0.3) is 0 Å². The maximum absolute atomic E-state index is 12.8. The zero-order chi connectivity index (χ0) is 25.2. The number of ether oxygens (including phenoxy) is 1. The molecule has 0 radical (unpaired) electrons. The lowest BCUT2D eigenvalue weighted by Gasteiger charge is -2.34. The normalized spacial score (nSPS) is 18.3. The van der Waals surface area contributed by atoms with Gasteiger partial charge in [-0.3, -0.25) is 24.2 Å². The summed E-state index contributed by atoms with van der Waals surface area (Å²) in [6, 6.07) is -2.45. The van der Waals surface area contributed by atoms with Gasteiger partial charge in [-0.2, -0.15) is 0 Å². The van der Waals surface area contributed by atoms with Crippen LogP contribution in [0.5, 0.6) is 0 Å². The number of nitrogens with zero attached hydrogens (tertiary/aromatic N) is 1. The molecule has 1 rings (SSSR count). The molecule has 0 aromatic rings. The quantitative estimate of drug-likeness (QED) is 0.164. The van der Waals surface area contributed by atoms with Gasteiger partial charge in [0.15, 0.2) is 0 Å². The molecule has 0 unspecified atom stereocenters. The van der Waals surface area contributed by atoms with Crippen LogP contribution in [0.2, 0.25) is 0 Å². The third-order valence-electron chi connectivity index (χ3n) is 4.92. The van der Waals surface area contributed by atoms with Gasteiger partial charge in [-0.15, -0.1) is 6.58 Å². The summed E-state index contributed by atoms with van der Waals surface area (Å²) < 4.78 is 3.25. The van der Waals surface area contributed by atoms with Gasteiger partial charge in [0.2, 0.25) is 15.6 Å². The summed E-state index contributed by atoms with van der Waals surface area (Å²) >= 11 is 16.8. The second-order valence-electron chi connectivity index (χ2n) is 8.24. The second kappa shape index (κ2) is 14.0. The van der Waals surface area contributed by atoms with Crippen LogP contribution in [-0.4, -0.2) is 63.8 Å².